The SMILES string of the molecule is CNC(=O)C(C)N(Cc1ccccc1Cl)C(=O)CN(c1cccc(C)c1)S(=O)(=O)c1ccc(Cl)cc1. The van der Waals surface area contributed by atoms with E-state index in [-0.39, 0.29) is 11.4 Å². The van der Waals surface area contributed by atoms with Gasteiger partial charge in [0.15, 0.2) is 0 Å². The Bertz CT molecular complexity index is 1350. The number of nitrogens with one attached hydrogen (secondary N) is 1. The van der Waals surface area contributed by atoms with Gasteiger partial charge >= 0.3 is 0 Å². The molecule has 0 saturated heterocycles. The van der Waals surface area contributed by atoms with Crippen molar-refractivity contribution in [2.45, 2.75) is 31.3 Å². The molecule has 3 aromatic carbocycles. The summed E-state index contributed by atoms with van der Waals surface area (Å²) in [4.78, 5) is 27.5. The topological polar surface area (TPSA) is 86.8 Å². The number of carbonyl (C=O) groups is 2. The third-order valence-corrected chi connectivity index (χ3v) is 8.09. The molecule has 3 aromatic rings. The second-order valence-corrected chi connectivity index (χ2v) is 10.9. The average molecular weight is 548 g/mol. The van der Waals surface area contributed by atoms with Crippen LogP contribution >= 0.6 is 23.2 Å². The number of carbonyl (C=O) groups excluding carboxylic acids is 2. The van der Waals surface area contributed by atoms with Gasteiger partial charge in [-0.2, -0.15) is 0 Å². The monoisotopic (exact) mass is 547 g/mol. The lowest BCUT2D eigenvalue weighted by Gasteiger charge is -2.32. The molecule has 0 fully saturated rings. The van der Waals surface area contributed by atoms with E-state index >= 15 is 0 Å². The molecule has 0 radical (unpaired) electrons. The summed E-state index contributed by atoms with van der Waals surface area (Å²) < 4.78 is 28.4. The summed E-state index contributed by atoms with van der Waals surface area (Å²) in [6.07, 6.45) is 0. The molecule has 3 rings (SSSR count). The summed E-state index contributed by atoms with van der Waals surface area (Å²) >= 11 is 12.3. The normalized spacial score (nSPS) is 12.0. The zero-order valence-electron chi connectivity index (χ0n) is 20.1. The molecule has 0 saturated carbocycles. The highest BCUT2D eigenvalue weighted by atomic mass is 35.5. The lowest BCUT2D eigenvalue weighted by molar-refractivity contribution is -0.139. The Morgan fingerprint density at radius 2 is 1.64 bits per heavy atom. The molecule has 36 heavy (non-hydrogen) atoms. The summed E-state index contributed by atoms with van der Waals surface area (Å²) in [6, 6.07) is 18.7. The summed E-state index contributed by atoms with van der Waals surface area (Å²) in [6.45, 7) is 2.91. The van der Waals surface area contributed by atoms with Crippen LogP contribution in [0.5, 0.6) is 0 Å². The van der Waals surface area contributed by atoms with Gasteiger partial charge in [-0.3, -0.25) is 13.9 Å². The van der Waals surface area contributed by atoms with Gasteiger partial charge in [-0.05, 0) is 67.4 Å². The lowest BCUT2D eigenvalue weighted by Crippen LogP contribution is -2.50. The highest BCUT2D eigenvalue weighted by Gasteiger charge is 2.32. The quantitative estimate of drug-likeness (QED) is 0.422. The van der Waals surface area contributed by atoms with Gasteiger partial charge in [0, 0.05) is 23.6 Å². The number of halogens is 2. The third kappa shape index (κ3) is 6.37. The maximum atomic E-state index is 13.7. The van der Waals surface area contributed by atoms with Gasteiger partial charge in [0.05, 0.1) is 10.6 Å². The van der Waals surface area contributed by atoms with Crippen molar-refractivity contribution < 1.29 is 18.0 Å². The summed E-state index contributed by atoms with van der Waals surface area (Å²) in [5, 5.41) is 3.36. The number of benzene rings is 3. The number of likely N-dealkylation sites (N-methyl/N-ethyl adjacent to an activating group) is 1. The predicted octanol–water partition coefficient (Wildman–Crippen LogP) is 4.66. The van der Waals surface area contributed by atoms with Crippen LogP contribution in [0.3, 0.4) is 0 Å². The van der Waals surface area contributed by atoms with Gasteiger partial charge in [0.1, 0.15) is 12.6 Å². The molecule has 0 aromatic heterocycles. The molecule has 190 valence electrons. The van der Waals surface area contributed by atoms with Crippen molar-refractivity contribution in [1.82, 2.24) is 10.2 Å². The number of amides is 2. The third-order valence-electron chi connectivity index (χ3n) is 5.68. The van der Waals surface area contributed by atoms with Gasteiger partial charge in [0.2, 0.25) is 11.8 Å². The Balaban J connectivity index is 2.05. The fraction of sp³-hybridized carbons (Fsp3) is 0.231. The Morgan fingerprint density at radius 1 is 0.972 bits per heavy atom. The molecule has 0 heterocycles. The van der Waals surface area contributed by atoms with E-state index in [2.05, 4.69) is 5.32 Å². The molecule has 0 spiro atoms. The number of rotatable bonds is 9. The van der Waals surface area contributed by atoms with Crippen molar-refractivity contribution in [2.75, 3.05) is 17.9 Å². The molecule has 1 N–H and O–H groups in total. The maximum Gasteiger partial charge on any atom is 0.264 e. The van der Waals surface area contributed by atoms with Crippen molar-refractivity contribution >= 4 is 50.7 Å². The van der Waals surface area contributed by atoms with Crippen LogP contribution in [0.4, 0.5) is 5.69 Å². The van der Waals surface area contributed by atoms with E-state index in [0.717, 1.165) is 9.87 Å². The number of hydrogen-bond acceptors (Lipinski definition) is 4. The van der Waals surface area contributed by atoms with Gasteiger partial charge < -0.3 is 10.2 Å². The molecule has 2 amide bonds. The van der Waals surface area contributed by atoms with E-state index in [1.165, 1.54) is 36.2 Å². The van der Waals surface area contributed by atoms with E-state index < -0.39 is 34.4 Å². The van der Waals surface area contributed by atoms with Crippen molar-refractivity contribution in [1.29, 1.82) is 0 Å². The molecule has 10 heteroatoms. The molecular weight excluding hydrogens is 521 g/mol. The Morgan fingerprint density at radius 3 is 2.25 bits per heavy atom. The largest absolute Gasteiger partial charge is 0.357 e. The minimum atomic E-state index is -4.15. The summed E-state index contributed by atoms with van der Waals surface area (Å²) in [5.41, 5.74) is 1.78. The highest BCUT2D eigenvalue weighted by molar-refractivity contribution is 7.92. The van der Waals surface area contributed by atoms with E-state index in [1.54, 1.807) is 49.4 Å². The Labute approximate surface area is 221 Å². The van der Waals surface area contributed by atoms with Crippen LogP contribution < -0.4 is 9.62 Å². The number of aryl methyl sites for hydroxylation is 1. The van der Waals surface area contributed by atoms with E-state index in [1.807, 2.05) is 13.0 Å². The predicted molar refractivity (Wildman–Crippen MR) is 143 cm³/mol. The van der Waals surface area contributed by atoms with Crippen molar-refractivity contribution in [2.24, 2.45) is 0 Å². The van der Waals surface area contributed by atoms with Crippen LogP contribution in [0.1, 0.15) is 18.1 Å². The van der Waals surface area contributed by atoms with Gasteiger partial charge in [0.25, 0.3) is 10.0 Å². The summed E-state index contributed by atoms with van der Waals surface area (Å²) in [7, 11) is -2.67. The van der Waals surface area contributed by atoms with E-state index in [0.29, 0.717) is 21.3 Å². The van der Waals surface area contributed by atoms with Crippen molar-refractivity contribution in [3.63, 3.8) is 0 Å². The van der Waals surface area contributed by atoms with E-state index in [4.69, 9.17) is 23.2 Å². The Kier molecular flexibility index (Phi) is 9.00. The van der Waals surface area contributed by atoms with Crippen LogP contribution in [-0.4, -0.2) is 44.8 Å². The number of hydrogen-bond donors (Lipinski definition) is 1. The van der Waals surface area contributed by atoms with Crippen LogP contribution in [0.25, 0.3) is 0 Å². The standard InChI is InChI=1S/C26H27Cl2N3O4S/c1-18-7-6-9-22(15-18)31(36(34,35)23-13-11-21(27)12-14-23)17-25(32)30(19(2)26(33)29-3)16-20-8-4-5-10-24(20)28/h4-15,19H,16-17H2,1-3H3,(H,29,33). The molecule has 0 aliphatic carbocycles. The van der Waals surface area contributed by atoms with Gasteiger partial charge in [-0.25, -0.2) is 8.42 Å². The first kappa shape index (κ1) is 27.5. The molecule has 1 atom stereocenters. The first-order chi connectivity index (χ1) is 17.0. The van der Waals surface area contributed by atoms with Gasteiger partial charge in [-0.15, -0.1) is 0 Å². The Hall–Kier alpha value is -3.07. The number of nitrogens with zero attached hydrogens (tertiary/aromatic N) is 2. The minimum absolute atomic E-state index is 0.0155. The summed E-state index contributed by atoms with van der Waals surface area (Å²) in [5.74, 6) is -0.955. The molecule has 7 nitrogen and oxygen atoms in total. The van der Waals surface area contributed by atoms with Crippen LogP contribution in [0.2, 0.25) is 10.0 Å². The number of anilines is 1. The first-order valence-electron chi connectivity index (χ1n) is 11.1. The van der Waals surface area contributed by atoms with Gasteiger partial charge in [-0.1, -0.05) is 53.5 Å². The second kappa shape index (κ2) is 11.8. The van der Waals surface area contributed by atoms with Crippen molar-refractivity contribution in [3.8, 4) is 0 Å². The minimum Gasteiger partial charge on any atom is -0.357 e. The first-order valence-corrected chi connectivity index (χ1v) is 13.3. The smallest absolute Gasteiger partial charge is 0.264 e. The van der Waals surface area contributed by atoms with E-state index in [9.17, 15) is 18.0 Å². The average Bonchev–Trinajstić information content (AvgIpc) is 2.85. The highest BCUT2D eigenvalue weighted by Crippen LogP contribution is 2.26. The lowest BCUT2D eigenvalue weighted by atomic mass is 10.1. The molecule has 1 unspecified atom stereocenters. The fourth-order valence-electron chi connectivity index (χ4n) is 3.65. The zero-order chi connectivity index (χ0) is 26.5. The molecule has 0 bridgehead atoms. The number of sulfonamides is 1. The van der Waals surface area contributed by atoms with Crippen LogP contribution in [0, 0.1) is 6.92 Å². The molecule has 0 aliphatic rings. The molecular formula is C26H27Cl2N3O4S. The molecule has 0 aliphatic heterocycles. The zero-order valence-corrected chi connectivity index (χ0v) is 22.4. The van der Waals surface area contributed by atoms with Crippen LogP contribution in [-0.2, 0) is 26.2 Å². The second-order valence-electron chi connectivity index (χ2n) is 8.21. The van der Waals surface area contributed by atoms with Crippen LogP contribution in [0.15, 0.2) is 77.7 Å². The van der Waals surface area contributed by atoms with Crippen molar-refractivity contribution in [3.05, 3.63) is 94.0 Å². The fourth-order valence-corrected chi connectivity index (χ4v) is 5.37. The maximum absolute atomic E-state index is 13.7.